The van der Waals surface area contributed by atoms with Crippen molar-refractivity contribution < 1.29 is 9.90 Å². The summed E-state index contributed by atoms with van der Waals surface area (Å²) in [6, 6.07) is 6.09. The molecule has 0 amide bonds. The Hall–Kier alpha value is -2.42. The van der Waals surface area contributed by atoms with Crippen molar-refractivity contribution >= 4 is 11.7 Å². The lowest BCUT2D eigenvalue weighted by Gasteiger charge is -2.03. The number of carboxylic acid groups (broad SMARTS) is 1. The first-order valence-corrected chi connectivity index (χ1v) is 4.41. The summed E-state index contributed by atoms with van der Waals surface area (Å²) in [5.41, 5.74) is 0.464. The van der Waals surface area contributed by atoms with Gasteiger partial charge in [-0.2, -0.15) is 5.26 Å². The molecule has 1 rings (SSSR count). The predicted octanol–water partition coefficient (Wildman–Crippen LogP) is 1.82. The van der Waals surface area contributed by atoms with Gasteiger partial charge in [-0.1, -0.05) is 5.22 Å². The van der Waals surface area contributed by atoms with E-state index in [2.05, 4.69) is 10.3 Å². The number of hydrogen-bond donors (Lipinski definition) is 1. The molecular weight excluding hydrogens is 208 g/mol. The highest BCUT2D eigenvalue weighted by Gasteiger charge is 2.10. The lowest BCUT2D eigenvalue weighted by Crippen LogP contribution is -2.00. The molecule has 0 unspecified atom stereocenters. The molecule has 0 aliphatic rings. The number of benzene rings is 1. The molecule has 0 radical (unpaired) electrons. The topological polar surface area (TPSA) is 89.0 Å². The highest BCUT2D eigenvalue weighted by molar-refractivity contribution is 5.93. The number of hydrogen-bond acceptors (Lipinski definition) is 4. The van der Waals surface area contributed by atoms with Crippen molar-refractivity contribution in [1.82, 2.24) is 5.01 Å². The van der Waals surface area contributed by atoms with Gasteiger partial charge in [0.1, 0.15) is 5.69 Å². The molecule has 1 aromatic rings. The third kappa shape index (κ3) is 2.78. The van der Waals surface area contributed by atoms with Crippen LogP contribution in [-0.2, 0) is 0 Å². The molecule has 0 atom stereocenters. The van der Waals surface area contributed by atoms with Crippen molar-refractivity contribution in [3.8, 4) is 6.07 Å². The third-order valence-corrected chi connectivity index (χ3v) is 1.69. The van der Waals surface area contributed by atoms with E-state index in [1.54, 1.807) is 14.1 Å². The van der Waals surface area contributed by atoms with Gasteiger partial charge >= 0.3 is 5.97 Å². The van der Waals surface area contributed by atoms with Crippen LogP contribution in [0.5, 0.6) is 0 Å². The van der Waals surface area contributed by atoms with Crippen LogP contribution < -0.4 is 0 Å². The number of rotatable bonds is 3. The zero-order valence-electron chi connectivity index (χ0n) is 8.88. The van der Waals surface area contributed by atoms with Crippen LogP contribution in [0.1, 0.15) is 15.9 Å². The molecule has 1 aromatic carbocycles. The lowest BCUT2D eigenvalue weighted by atomic mass is 10.1. The molecule has 82 valence electrons. The van der Waals surface area contributed by atoms with Crippen molar-refractivity contribution in [1.29, 1.82) is 5.26 Å². The molecule has 0 aliphatic carbocycles. The fourth-order valence-electron chi connectivity index (χ4n) is 1.00. The fourth-order valence-corrected chi connectivity index (χ4v) is 1.00. The molecule has 16 heavy (non-hydrogen) atoms. The molecule has 0 saturated heterocycles. The minimum absolute atomic E-state index is 0.0374. The van der Waals surface area contributed by atoms with Crippen LogP contribution in [0.4, 0.5) is 5.69 Å². The Balaban J connectivity index is 3.19. The van der Waals surface area contributed by atoms with E-state index in [0.717, 1.165) is 0 Å². The molecule has 0 bridgehead atoms. The Kier molecular flexibility index (Phi) is 3.56. The summed E-state index contributed by atoms with van der Waals surface area (Å²) in [5, 5.41) is 26.5. The second-order valence-corrected chi connectivity index (χ2v) is 3.19. The standard InChI is InChI=1S/C10H10N4O2/c1-14(2)13-12-9-4-3-7(6-11)5-8(9)10(15)16/h3-5H,1-2H3,(H,15,16). The van der Waals surface area contributed by atoms with Gasteiger partial charge in [0, 0.05) is 14.1 Å². The second-order valence-electron chi connectivity index (χ2n) is 3.19. The normalized spacial score (nSPS) is 10.1. The highest BCUT2D eigenvalue weighted by Crippen LogP contribution is 2.21. The summed E-state index contributed by atoms with van der Waals surface area (Å²) in [5.74, 6) is -1.13. The Morgan fingerprint density at radius 2 is 2.19 bits per heavy atom. The third-order valence-electron chi connectivity index (χ3n) is 1.69. The summed E-state index contributed by atoms with van der Waals surface area (Å²) in [6.45, 7) is 0. The molecule has 0 aliphatic heterocycles. The summed E-state index contributed by atoms with van der Waals surface area (Å²) >= 11 is 0. The van der Waals surface area contributed by atoms with Gasteiger partial charge in [0.15, 0.2) is 0 Å². The summed E-state index contributed by atoms with van der Waals surface area (Å²) < 4.78 is 0. The summed E-state index contributed by atoms with van der Waals surface area (Å²) in [4.78, 5) is 10.9. The van der Waals surface area contributed by atoms with Gasteiger partial charge in [-0.3, -0.25) is 5.01 Å². The second kappa shape index (κ2) is 4.89. The molecular formula is C10H10N4O2. The highest BCUT2D eigenvalue weighted by atomic mass is 16.4. The van der Waals surface area contributed by atoms with E-state index in [1.165, 1.54) is 23.2 Å². The van der Waals surface area contributed by atoms with Crippen molar-refractivity contribution in [2.24, 2.45) is 10.3 Å². The van der Waals surface area contributed by atoms with Crippen molar-refractivity contribution in [3.05, 3.63) is 29.3 Å². The average molecular weight is 218 g/mol. The zero-order chi connectivity index (χ0) is 12.1. The van der Waals surface area contributed by atoms with Crippen LogP contribution >= 0.6 is 0 Å². The minimum Gasteiger partial charge on any atom is -0.478 e. The van der Waals surface area contributed by atoms with Gasteiger partial charge in [0.2, 0.25) is 0 Å². The van der Waals surface area contributed by atoms with Gasteiger partial charge in [-0.05, 0) is 18.2 Å². The zero-order valence-corrected chi connectivity index (χ0v) is 8.88. The molecule has 0 heterocycles. The van der Waals surface area contributed by atoms with E-state index in [1.807, 2.05) is 6.07 Å². The van der Waals surface area contributed by atoms with Gasteiger partial charge in [0.25, 0.3) is 0 Å². The van der Waals surface area contributed by atoms with Crippen LogP contribution in [0.25, 0.3) is 0 Å². The first-order valence-electron chi connectivity index (χ1n) is 4.41. The molecule has 0 saturated carbocycles. The Morgan fingerprint density at radius 1 is 1.50 bits per heavy atom. The van der Waals surface area contributed by atoms with E-state index in [4.69, 9.17) is 10.4 Å². The molecule has 0 fully saturated rings. The average Bonchev–Trinajstić information content (AvgIpc) is 2.25. The van der Waals surface area contributed by atoms with E-state index in [-0.39, 0.29) is 16.8 Å². The van der Waals surface area contributed by atoms with E-state index in [0.29, 0.717) is 0 Å². The number of nitrogens with zero attached hydrogens (tertiary/aromatic N) is 4. The van der Waals surface area contributed by atoms with Gasteiger partial charge in [0.05, 0.1) is 17.2 Å². The number of nitriles is 1. The van der Waals surface area contributed by atoms with E-state index >= 15 is 0 Å². The first-order chi connectivity index (χ1) is 7.54. The molecule has 6 nitrogen and oxygen atoms in total. The van der Waals surface area contributed by atoms with Gasteiger partial charge in [-0.15, -0.1) is 5.11 Å². The maximum absolute atomic E-state index is 10.9. The SMILES string of the molecule is CN(C)N=Nc1ccc(C#N)cc1C(=O)O. The predicted molar refractivity (Wildman–Crippen MR) is 56.3 cm³/mol. The van der Waals surface area contributed by atoms with Crippen molar-refractivity contribution in [2.45, 2.75) is 0 Å². The summed E-state index contributed by atoms with van der Waals surface area (Å²) in [7, 11) is 3.35. The van der Waals surface area contributed by atoms with Gasteiger partial charge < -0.3 is 5.11 Å². The molecule has 0 spiro atoms. The molecule has 6 heteroatoms. The van der Waals surface area contributed by atoms with Crippen molar-refractivity contribution in [3.63, 3.8) is 0 Å². The minimum atomic E-state index is -1.13. The van der Waals surface area contributed by atoms with Crippen LogP contribution in [0.3, 0.4) is 0 Å². The van der Waals surface area contributed by atoms with Crippen LogP contribution in [0, 0.1) is 11.3 Å². The Morgan fingerprint density at radius 3 is 2.69 bits per heavy atom. The van der Waals surface area contributed by atoms with Crippen LogP contribution in [0.15, 0.2) is 28.5 Å². The molecule has 0 aromatic heterocycles. The van der Waals surface area contributed by atoms with E-state index in [9.17, 15) is 4.79 Å². The van der Waals surface area contributed by atoms with E-state index < -0.39 is 5.97 Å². The number of carboxylic acids is 1. The smallest absolute Gasteiger partial charge is 0.338 e. The largest absolute Gasteiger partial charge is 0.478 e. The summed E-state index contributed by atoms with van der Waals surface area (Å²) in [6.07, 6.45) is 0. The lowest BCUT2D eigenvalue weighted by molar-refractivity contribution is 0.0697. The monoisotopic (exact) mass is 218 g/mol. The quantitative estimate of drug-likeness (QED) is 0.618. The Bertz CT molecular complexity index is 474. The number of carbonyl (C=O) groups is 1. The molecule has 1 N–H and O–H groups in total. The van der Waals surface area contributed by atoms with Crippen molar-refractivity contribution in [2.75, 3.05) is 14.1 Å². The maximum atomic E-state index is 10.9. The Labute approximate surface area is 92.4 Å². The maximum Gasteiger partial charge on any atom is 0.338 e. The number of aromatic carboxylic acids is 1. The van der Waals surface area contributed by atoms with Crippen LogP contribution in [0.2, 0.25) is 0 Å². The van der Waals surface area contributed by atoms with Crippen LogP contribution in [-0.4, -0.2) is 30.2 Å². The first kappa shape index (κ1) is 11.7. The fraction of sp³-hybridized carbons (Fsp3) is 0.200. The van der Waals surface area contributed by atoms with Gasteiger partial charge in [-0.25, -0.2) is 4.79 Å².